The molecule has 176 valence electrons. The zero-order valence-corrected chi connectivity index (χ0v) is 18.9. The predicted octanol–water partition coefficient (Wildman–Crippen LogP) is 2.51. The molecule has 2 aromatic rings. The standard InChI is InChI=1S/C23H23NO8.ClH/c1-12(2)19(24)23(29)31-9-5-8-30-18(26)11-16(25)17-10-15-20(27)13-6-3-4-7-14(13)21(28)22(15)32-17;/h3-4,6-7,10,12,19H,5,8-9,11,24H2,1-2H3;1H/t19-;/m0./s1. The number of hydrogen-bond acceptors (Lipinski definition) is 9. The molecule has 0 fully saturated rings. The Morgan fingerprint density at radius 3 is 2.21 bits per heavy atom. The van der Waals surface area contributed by atoms with Gasteiger partial charge in [0.25, 0.3) is 0 Å². The van der Waals surface area contributed by atoms with E-state index >= 15 is 0 Å². The molecule has 0 amide bonds. The maximum Gasteiger partial charge on any atom is 0.323 e. The maximum atomic E-state index is 12.6. The Labute approximate surface area is 196 Å². The SMILES string of the molecule is CC(C)[C@H](N)C(=O)OCCCOC(=O)CC(=O)c1cc2c(o1)C(=O)c1ccccc1C2=O.Cl. The van der Waals surface area contributed by atoms with Crippen LogP contribution >= 0.6 is 12.4 Å². The van der Waals surface area contributed by atoms with Crippen LogP contribution in [0.2, 0.25) is 0 Å². The van der Waals surface area contributed by atoms with Gasteiger partial charge in [0.1, 0.15) is 12.5 Å². The van der Waals surface area contributed by atoms with Crippen LogP contribution in [0.15, 0.2) is 34.7 Å². The predicted molar refractivity (Wildman–Crippen MR) is 118 cm³/mol. The summed E-state index contributed by atoms with van der Waals surface area (Å²) in [7, 11) is 0. The van der Waals surface area contributed by atoms with Gasteiger partial charge in [-0.05, 0) is 12.0 Å². The summed E-state index contributed by atoms with van der Waals surface area (Å²) in [6.07, 6.45) is -0.382. The number of ether oxygens (including phenoxy) is 2. The number of fused-ring (bicyclic) bond motifs is 2. The highest BCUT2D eigenvalue weighted by Crippen LogP contribution is 2.30. The molecule has 33 heavy (non-hydrogen) atoms. The van der Waals surface area contributed by atoms with Crippen LogP contribution in [0.3, 0.4) is 0 Å². The Bertz CT molecular complexity index is 1040. The molecule has 0 bridgehead atoms. The zero-order chi connectivity index (χ0) is 23.4. The van der Waals surface area contributed by atoms with E-state index < -0.39 is 41.8 Å². The molecule has 1 atom stereocenters. The van der Waals surface area contributed by atoms with Crippen LogP contribution in [0.5, 0.6) is 0 Å². The van der Waals surface area contributed by atoms with Gasteiger partial charge in [0, 0.05) is 17.5 Å². The molecule has 0 spiro atoms. The third-order valence-corrected chi connectivity index (χ3v) is 4.97. The molecule has 0 unspecified atom stereocenters. The van der Waals surface area contributed by atoms with Gasteiger partial charge in [-0.2, -0.15) is 0 Å². The molecular formula is C23H24ClNO8. The molecule has 9 nitrogen and oxygen atoms in total. The molecular weight excluding hydrogens is 454 g/mol. The summed E-state index contributed by atoms with van der Waals surface area (Å²) in [5.41, 5.74) is 6.09. The summed E-state index contributed by atoms with van der Waals surface area (Å²) >= 11 is 0. The Hall–Kier alpha value is -3.30. The molecule has 0 saturated heterocycles. The average molecular weight is 478 g/mol. The fourth-order valence-electron chi connectivity index (χ4n) is 3.07. The molecule has 1 aliphatic rings. The van der Waals surface area contributed by atoms with Crippen LogP contribution in [0.1, 0.15) is 69.3 Å². The van der Waals surface area contributed by atoms with Gasteiger partial charge >= 0.3 is 11.9 Å². The van der Waals surface area contributed by atoms with Crippen LogP contribution in [-0.4, -0.2) is 48.5 Å². The average Bonchev–Trinajstić information content (AvgIpc) is 3.22. The first kappa shape index (κ1) is 26.0. The van der Waals surface area contributed by atoms with E-state index in [-0.39, 0.29) is 66.2 Å². The van der Waals surface area contributed by atoms with Gasteiger partial charge in [0.2, 0.25) is 11.6 Å². The fraction of sp³-hybridized carbons (Fsp3) is 0.348. The van der Waals surface area contributed by atoms with Crippen LogP contribution in [0, 0.1) is 5.92 Å². The summed E-state index contributed by atoms with van der Waals surface area (Å²) in [5, 5.41) is 0. The van der Waals surface area contributed by atoms with E-state index in [9.17, 15) is 24.0 Å². The van der Waals surface area contributed by atoms with Crippen LogP contribution < -0.4 is 5.73 Å². The van der Waals surface area contributed by atoms with Crippen molar-refractivity contribution in [3.05, 3.63) is 58.5 Å². The van der Waals surface area contributed by atoms with Crippen molar-refractivity contribution in [1.29, 1.82) is 0 Å². The molecule has 1 aromatic heterocycles. The van der Waals surface area contributed by atoms with Crippen molar-refractivity contribution in [2.75, 3.05) is 13.2 Å². The molecule has 1 aliphatic carbocycles. The van der Waals surface area contributed by atoms with Gasteiger partial charge in [0.15, 0.2) is 17.3 Å². The number of furan rings is 1. The Morgan fingerprint density at radius 1 is 0.970 bits per heavy atom. The lowest BCUT2D eigenvalue weighted by molar-refractivity contribution is -0.147. The number of carbonyl (C=O) groups excluding carboxylic acids is 5. The second-order valence-electron chi connectivity index (χ2n) is 7.67. The third kappa shape index (κ3) is 5.74. The van der Waals surface area contributed by atoms with Crippen molar-refractivity contribution >= 4 is 41.7 Å². The Morgan fingerprint density at radius 2 is 1.58 bits per heavy atom. The topological polar surface area (TPSA) is 143 Å². The minimum Gasteiger partial charge on any atom is -0.465 e. The molecule has 0 radical (unpaired) electrons. The summed E-state index contributed by atoms with van der Waals surface area (Å²) in [5.74, 6) is -3.52. The summed E-state index contributed by atoms with van der Waals surface area (Å²) in [4.78, 5) is 61.1. The number of carbonyl (C=O) groups is 5. The van der Waals surface area contributed by atoms with Crippen LogP contribution in [0.25, 0.3) is 0 Å². The molecule has 3 rings (SSSR count). The smallest absolute Gasteiger partial charge is 0.323 e. The highest BCUT2D eigenvalue weighted by molar-refractivity contribution is 6.28. The molecule has 10 heteroatoms. The fourth-order valence-corrected chi connectivity index (χ4v) is 3.07. The monoisotopic (exact) mass is 477 g/mol. The summed E-state index contributed by atoms with van der Waals surface area (Å²) in [6, 6.07) is 6.75. The third-order valence-electron chi connectivity index (χ3n) is 4.97. The van der Waals surface area contributed by atoms with Crippen molar-refractivity contribution in [2.45, 2.75) is 32.7 Å². The lowest BCUT2D eigenvalue weighted by Gasteiger charge is -2.14. The maximum absolute atomic E-state index is 12.6. The van der Waals surface area contributed by atoms with E-state index in [1.807, 2.05) is 0 Å². The van der Waals surface area contributed by atoms with Gasteiger partial charge in [-0.1, -0.05) is 38.1 Å². The number of Topliss-reactive ketones (excluding diaryl/α,β-unsaturated/α-hetero) is 1. The summed E-state index contributed by atoms with van der Waals surface area (Å²) < 4.78 is 15.3. The number of benzene rings is 1. The zero-order valence-electron chi connectivity index (χ0n) is 18.1. The van der Waals surface area contributed by atoms with Crippen LogP contribution in [-0.2, 0) is 19.1 Å². The van der Waals surface area contributed by atoms with Crippen molar-refractivity contribution in [1.82, 2.24) is 0 Å². The first-order valence-electron chi connectivity index (χ1n) is 10.1. The quantitative estimate of drug-likeness (QED) is 0.213. The first-order chi connectivity index (χ1) is 15.2. The van der Waals surface area contributed by atoms with E-state index in [2.05, 4.69) is 0 Å². The van der Waals surface area contributed by atoms with Crippen molar-refractivity contribution in [3.8, 4) is 0 Å². The van der Waals surface area contributed by atoms with Gasteiger partial charge < -0.3 is 19.6 Å². The Balaban J connectivity index is 0.00000385. The van der Waals surface area contributed by atoms with E-state index in [1.54, 1.807) is 26.0 Å². The Kier molecular flexibility index (Phi) is 8.67. The largest absolute Gasteiger partial charge is 0.465 e. The summed E-state index contributed by atoms with van der Waals surface area (Å²) in [6.45, 7) is 3.56. The molecule has 0 aliphatic heterocycles. The molecule has 1 aromatic carbocycles. The van der Waals surface area contributed by atoms with Crippen molar-refractivity contribution < 1.29 is 37.9 Å². The highest BCUT2D eigenvalue weighted by atomic mass is 35.5. The van der Waals surface area contributed by atoms with Gasteiger partial charge in [-0.25, -0.2) is 0 Å². The van der Waals surface area contributed by atoms with Gasteiger partial charge in [-0.3, -0.25) is 24.0 Å². The van der Waals surface area contributed by atoms with Gasteiger partial charge in [0.05, 0.1) is 18.8 Å². The van der Waals surface area contributed by atoms with E-state index in [0.717, 1.165) is 0 Å². The lowest BCUT2D eigenvalue weighted by atomic mass is 9.88. The number of hydrogen-bond donors (Lipinski definition) is 1. The number of nitrogens with two attached hydrogens (primary N) is 1. The highest BCUT2D eigenvalue weighted by Gasteiger charge is 2.34. The van der Waals surface area contributed by atoms with E-state index in [4.69, 9.17) is 19.6 Å². The normalized spacial score (nSPS) is 13.0. The van der Waals surface area contributed by atoms with Crippen molar-refractivity contribution in [3.63, 3.8) is 0 Å². The number of halogens is 1. The minimum atomic E-state index is -0.810. The van der Waals surface area contributed by atoms with Crippen LogP contribution in [0.4, 0.5) is 0 Å². The lowest BCUT2D eigenvalue weighted by Crippen LogP contribution is -2.37. The number of rotatable bonds is 9. The van der Waals surface area contributed by atoms with Crippen molar-refractivity contribution in [2.24, 2.45) is 11.7 Å². The van der Waals surface area contributed by atoms with E-state index in [0.29, 0.717) is 0 Å². The molecule has 1 heterocycles. The second-order valence-corrected chi connectivity index (χ2v) is 7.67. The van der Waals surface area contributed by atoms with Gasteiger partial charge in [-0.15, -0.1) is 12.4 Å². The molecule has 2 N–H and O–H groups in total. The number of esters is 2. The first-order valence-corrected chi connectivity index (χ1v) is 10.1. The van der Waals surface area contributed by atoms with E-state index in [1.165, 1.54) is 18.2 Å². The number of ketones is 3. The molecule has 0 saturated carbocycles. The second kappa shape index (κ2) is 11.0. The minimum absolute atomic E-state index is 0.